The largest absolute Gasteiger partial charge is 0.453 e. The van der Waals surface area contributed by atoms with E-state index in [2.05, 4.69) is 12.2 Å². The topological polar surface area (TPSA) is 75.6 Å². The molecule has 0 heterocycles. The van der Waals surface area contributed by atoms with Crippen LogP contribution in [0.25, 0.3) is 0 Å². The van der Waals surface area contributed by atoms with Crippen molar-refractivity contribution in [1.29, 1.82) is 0 Å². The number of rotatable bonds is 12. The Hall–Kier alpha value is -1.88. The van der Waals surface area contributed by atoms with Gasteiger partial charge < -0.3 is 15.2 Å². The average Bonchev–Trinajstić information content (AvgIpc) is 2.62. The van der Waals surface area contributed by atoms with Gasteiger partial charge in [-0.3, -0.25) is 9.59 Å². The van der Waals surface area contributed by atoms with Gasteiger partial charge in [-0.25, -0.2) is 0 Å². The van der Waals surface area contributed by atoms with Crippen molar-refractivity contribution in [1.82, 2.24) is 0 Å². The molecule has 27 heavy (non-hydrogen) atoms. The summed E-state index contributed by atoms with van der Waals surface area (Å²) in [6, 6.07) is 5.77. The highest BCUT2D eigenvalue weighted by molar-refractivity contribution is 5.96. The normalized spacial score (nSPS) is 13.1. The van der Waals surface area contributed by atoms with E-state index in [1.807, 2.05) is 32.0 Å². The lowest BCUT2D eigenvalue weighted by Gasteiger charge is -2.16. The first-order valence-corrected chi connectivity index (χ1v) is 10.1. The summed E-state index contributed by atoms with van der Waals surface area (Å²) in [5, 5.41) is 12.8. The van der Waals surface area contributed by atoms with Gasteiger partial charge in [-0.15, -0.1) is 0 Å². The summed E-state index contributed by atoms with van der Waals surface area (Å²) >= 11 is 0. The van der Waals surface area contributed by atoms with Gasteiger partial charge in [0.2, 0.25) is 0 Å². The van der Waals surface area contributed by atoms with Crippen LogP contribution in [0.4, 0.5) is 5.69 Å². The minimum atomic E-state index is -0.873. The van der Waals surface area contributed by atoms with Crippen molar-refractivity contribution in [3.8, 4) is 0 Å². The molecule has 152 valence electrons. The van der Waals surface area contributed by atoms with Gasteiger partial charge in [0, 0.05) is 12.1 Å². The Bertz CT molecular complexity index is 580. The number of anilines is 1. The molecule has 0 unspecified atom stereocenters. The smallest absolute Gasteiger partial charge is 0.306 e. The second-order valence-electron chi connectivity index (χ2n) is 7.28. The number of nitrogens with one attached hydrogen (secondary N) is 1. The summed E-state index contributed by atoms with van der Waals surface area (Å²) in [6.45, 7) is 7.57. The molecule has 0 saturated heterocycles. The lowest BCUT2D eigenvalue weighted by atomic mass is 10.0. The van der Waals surface area contributed by atoms with Crippen LogP contribution in [-0.4, -0.2) is 29.2 Å². The van der Waals surface area contributed by atoms with Crippen molar-refractivity contribution in [2.24, 2.45) is 0 Å². The molecule has 1 aromatic rings. The summed E-state index contributed by atoms with van der Waals surface area (Å²) in [7, 11) is 0. The van der Waals surface area contributed by atoms with E-state index in [0.717, 1.165) is 29.7 Å². The third kappa shape index (κ3) is 9.05. The standard InChI is InChI=1S/C22H35NO4/c1-5-6-7-8-9-13-19(24)14-15-20(25)27-18(4)22(26)23-21-16(2)11-10-12-17(21)3/h10-12,18-19,24H,5-9,13-15H2,1-4H3,(H,23,26)/t18-,19-/m0/s1. The Morgan fingerprint density at radius 3 is 2.33 bits per heavy atom. The Balaban J connectivity index is 2.31. The highest BCUT2D eigenvalue weighted by atomic mass is 16.5. The third-order valence-electron chi connectivity index (χ3n) is 4.73. The van der Waals surface area contributed by atoms with Gasteiger partial charge in [-0.05, 0) is 44.7 Å². The first-order valence-electron chi connectivity index (χ1n) is 10.1. The zero-order valence-corrected chi connectivity index (χ0v) is 17.2. The average molecular weight is 378 g/mol. The third-order valence-corrected chi connectivity index (χ3v) is 4.73. The van der Waals surface area contributed by atoms with Crippen LogP contribution in [0.15, 0.2) is 18.2 Å². The van der Waals surface area contributed by atoms with Crippen molar-refractivity contribution in [2.45, 2.75) is 91.3 Å². The Labute approximate surface area is 163 Å². The number of amides is 1. The number of ether oxygens (including phenoxy) is 1. The first kappa shape index (κ1) is 23.2. The molecule has 0 aliphatic carbocycles. The van der Waals surface area contributed by atoms with Crippen LogP contribution in [0.3, 0.4) is 0 Å². The second kappa shape index (κ2) is 12.5. The molecule has 1 aromatic carbocycles. The number of carbonyl (C=O) groups is 2. The molecule has 2 atom stereocenters. The van der Waals surface area contributed by atoms with Crippen LogP contribution in [0.2, 0.25) is 0 Å². The molecule has 0 aliphatic rings. The van der Waals surface area contributed by atoms with E-state index >= 15 is 0 Å². The molecule has 5 nitrogen and oxygen atoms in total. The van der Waals surface area contributed by atoms with Crippen molar-refractivity contribution >= 4 is 17.6 Å². The number of hydrogen-bond acceptors (Lipinski definition) is 4. The fourth-order valence-electron chi connectivity index (χ4n) is 2.96. The molecule has 0 fully saturated rings. The van der Waals surface area contributed by atoms with E-state index in [1.54, 1.807) is 6.92 Å². The number of unbranched alkanes of at least 4 members (excludes halogenated alkanes) is 4. The van der Waals surface area contributed by atoms with Gasteiger partial charge in [0.05, 0.1) is 6.10 Å². The predicted octanol–water partition coefficient (Wildman–Crippen LogP) is 4.68. The molecule has 0 radical (unpaired) electrons. The quantitative estimate of drug-likeness (QED) is 0.410. The van der Waals surface area contributed by atoms with Crippen LogP contribution in [0.1, 0.15) is 76.3 Å². The number of para-hydroxylation sites is 1. The van der Waals surface area contributed by atoms with Gasteiger partial charge in [0.15, 0.2) is 6.10 Å². The number of carbonyl (C=O) groups excluding carboxylic acids is 2. The van der Waals surface area contributed by atoms with Crippen molar-refractivity contribution < 1.29 is 19.4 Å². The van der Waals surface area contributed by atoms with Gasteiger partial charge in [0.25, 0.3) is 5.91 Å². The number of aliphatic hydroxyl groups excluding tert-OH is 1. The summed E-state index contributed by atoms with van der Waals surface area (Å²) < 4.78 is 5.21. The maximum absolute atomic E-state index is 12.3. The van der Waals surface area contributed by atoms with Gasteiger partial charge >= 0.3 is 5.97 Å². The lowest BCUT2D eigenvalue weighted by Crippen LogP contribution is -2.30. The number of esters is 1. The van der Waals surface area contributed by atoms with Crippen LogP contribution in [0, 0.1) is 13.8 Å². The van der Waals surface area contributed by atoms with E-state index in [9.17, 15) is 14.7 Å². The minimum absolute atomic E-state index is 0.122. The van der Waals surface area contributed by atoms with E-state index in [-0.39, 0.29) is 12.3 Å². The van der Waals surface area contributed by atoms with Crippen LogP contribution >= 0.6 is 0 Å². The van der Waals surface area contributed by atoms with Crippen LogP contribution < -0.4 is 5.32 Å². The van der Waals surface area contributed by atoms with Crippen molar-refractivity contribution in [2.75, 3.05) is 5.32 Å². The first-order chi connectivity index (χ1) is 12.8. The lowest BCUT2D eigenvalue weighted by molar-refractivity contribution is -0.153. The molecule has 1 amide bonds. The summed E-state index contributed by atoms with van der Waals surface area (Å²) in [4.78, 5) is 24.2. The van der Waals surface area contributed by atoms with E-state index in [1.165, 1.54) is 19.3 Å². The SMILES string of the molecule is CCCCCCC[C@H](O)CCC(=O)O[C@@H](C)C(=O)Nc1c(C)cccc1C. The number of aliphatic hydroxyl groups is 1. The molecule has 0 bridgehead atoms. The predicted molar refractivity (Wildman–Crippen MR) is 109 cm³/mol. The van der Waals surface area contributed by atoms with Gasteiger partial charge in [-0.2, -0.15) is 0 Å². The molecule has 0 aromatic heterocycles. The molecule has 0 saturated carbocycles. The molecule has 5 heteroatoms. The van der Waals surface area contributed by atoms with Gasteiger partial charge in [0.1, 0.15) is 0 Å². The molecule has 0 aliphatic heterocycles. The van der Waals surface area contributed by atoms with E-state index < -0.39 is 18.2 Å². The maximum atomic E-state index is 12.3. The Morgan fingerprint density at radius 2 is 1.70 bits per heavy atom. The fourth-order valence-corrected chi connectivity index (χ4v) is 2.96. The van der Waals surface area contributed by atoms with Crippen LogP contribution in [-0.2, 0) is 14.3 Å². The molecule has 1 rings (SSSR count). The van der Waals surface area contributed by atoms with Crippen molar-refractivity contribution in [3.63, 3.8) is 0 Å². The minimum Gasteiger partial charge on any atom is -0.453 e. The highest BCUT2D eigenvalue weighted by Gasteiger charge is 2.19. The zero-order chi connectivity index (χ0) is 20.2. The Morgan fingerprint density at radius 1 is 1.07 bits per heavy atom. The van der Waals surface area contributed by atoms with Gasteiger partial charge in [-0.1, -0.05) is 57.2 Å². The monoisotopic (exact) mass is 377 g/mol. The molecule has 2 N–H and O–H groups in total. The second-order valence-corrected chi connectivity index (χ2v) is 7.28. The Kier molecular flexibility index (Phi) is 10.7. The number of benzene rings is 1. The number of hydrogen-bond donors (Lipinski definition) is 2. The zero-order valence-electron chi connectivity index (χ0n) is 17.2. The van der Waals surface area contributed by atoms with E-state index in [4.69, 9.17) is 4.74 Å². The maximum Gasteiger partial charge on any atom is 0.306 e. The number of aryl methyl sites for hydroxylation is 2. The summed E-state index contributed by atoms with van der Waals surface area (Å²) in [5.74, 6) is -0.804. The summed E-state index contributed by atoms with van der Waals surface area (Å²) in [6.07, 6.45) is 5.55. The molecular formula is C22H35NO4. The summed E-state index contributed by atoms with van der Waals surface area (Å²) in [5.41, 5.74) is 2.68. The van der Waals surface area contributed by atoms with Crippen LogP contribution in [0.5, 0.6) is 0 Å². The fraction of sp³-hybridized carbons (Fsp3) is 0.636. The van der Waals surface area contributed by atoms with E-state index in [0.29, 0.717) is 12.8 Å². The molecule has 0 spiro atoms. The molecular weight excluding hydrogens is 342 g/mol. The van der Waals surface area contributed by atoms with Crippen molar-refractivity contribution in [3.05, 3.63) is 29.3 Å². The highest BCUT2D eigenvalue weighted by Crippen LogP contribution is 2.20.